The first kappa shape index (κ1) is 13.5. The van der Waals surface area contributed by atoms with Crippen LogP contribution in [0.5, 0.6) is 0 Å². The van der Waals surface area contributed by atoms with E-state index in [0.717, 1.165) is 0 Å². The van der Waals surface area contributed by atoms with Crippen molar-refractivity contribution in [3.8, 4) is 0 Å². The molecule has 0 aliphatic heterocycles. The minimum atomic E-state index is -0.609. The Bertz CT molecular complexity index is 194. The van der Waals surface area contributed by atoms with Crippen LogP contribution in [0.3, 0.4) is 0 Å². The number of rotatable bonds is 4. The van der Waals surface area contributed by atoms with Crippen molar-refractivity contribution in [2.75, 3.05) is 6.79 Å². The Kier molecular flexibility index (Phi) is 6.24. The first-order valence-electron chi connectivity index (χ1n) is 4.78. The molecule has 0 aliphatic rings. The molecular formula is C9H18N2O4. The summed E-state index contributed by atoms with van der Waals surface area (Å²) in [4.78, 5) is 21.8. The van der Waals surface area contributed by atoms with Gasteiger partial charge < -0.3 is 20.1 Å². The summed E-state index contributed by atoms with van der Waals surface area (Å²) in [5.74, 6) is 0. The quantitative estimate of drug-likeness (QED) is 0.695. The zero-order valence-electron chi connectivity index (χ0n) is 9.49. The highest BCUT2D eigenvalue weighted by atomic mass is 16.7. The molecule has 88 valence electrons. The lowest BCUT2D eigenvalue weighted by Crippen LogP contribution is -2.34. The van der Waals surface area contributed by atoms with Gasteiger partial charge in [0, 0.05) is 12.1 Å². The number of amides is 2. The lowest BCUT2D eigenvalue weighted by Gasteiger charge is -2.11. The average Bonchev–Trinajstić information content (AvgIpc) is 2.00. The zero-order valence-corrected chi connectivity index (χ0v) is 9.49. The van der Waals surface area contributed by atoms with Crippen LogP contribution < -0.4 is 10.6 Å². The van der Waals surface area contributed by atoms with Crippen LogP contribution in [0.2, 0.25) is 0 Å². The highest BCUT2D eigenvalue weighted by molar-refractivity contribution is 5.69. The highest BCUT2D eigenvalue weighted by Crippen LogP contribution is 1.86. The first-order chi connectivity index (χ1) is 6.91. The maximum absolute atomic E-state index is 10.9. The maximum Gasteiger partial charge on any atom is 0.410 e. The van der Waals surface area contributed by atoms with Crippen molar-refractivity contribution >= 4 is 12.2 Å². The third kappa shape index (κ3) is 8.86. The molecule has 6 nitrogen and oxygen atoms in total. The fourth-order valence-electron chi connectivity index (χ4n) is 0.691. The van der Waals surface area contributed by atoms with Crippen LogP contribution in [-0.2, 0) is 9.47 Å². The number of alkyl carbamates (subject to hydrolysis) is 2. The zero-order chi connectivity index (χ0) is 11.8. The van der Waals surface area contributed by atoms with E-state index < -0.39 is 19.0 Å². The van der Waals surface area contributed by atoms with Gasteiger partial charge in [-0.05, 0) is 27.7 Å². The summed E-state index contributed by atoms with van der Waals surface area (Å²) in [6.45, 7) is 6.81. The molecule has 15 heavy (non-hydrogen) atoms. The van der Waals surface area contributed by atoms with Gasteiger partial charge in [0.25, 0.3) is 0 Å². The van der Waals surface area contributed by atoms with Crippen LogP contribution in [0.25, 0.3) is 0 Å². The number of ether oxygens (including phenoxy) is 2. The van der Waals surface area contributed by atoms with Crippen molar-refractivity contribution in [3.63, 3.8) is 0 Å². The molecule has 6 heteroatoms. The molecule has 0 radical (unpaired) electrons. The van der Waals surface area contributed by atoms with Gasteiger partial charge in [-0.1, -0.05) is 0 Å². The van der Waals surface area contributed by atoms with Crippen LogP contribution in [0.4, 0.5) is 9.59 Å². The summed E-state index contributed by atoms with van der Waals surface area (Å²) in [6.07, 6.45) is -1.22. The summed E-state index contributed by atoms with van der Waals surface area (Å²) in [5, 5.41) is 4.97. The van der Waals surface area contributed by atoms with Gasteiger partial charge >= 0.3 is 12.2 Å². The fraction of sp³-hybridized carbons (Fsp3) is 0.778. The molecule has 0 bridgehead atoms. The molecule has 2 N–H and O–H groups in total. The van der Waals surface area contributed by atoms with E-state index >= 15 is 0 Å². The molecule has 2 amide bonds. The number of hydrogen-bond donors (Lipinski definition) is 2. The second-order valence-electron chi connectivity index (χ2n) is 3.58. The van der Waals surface area contributed by atoms with Crippen LogP contribution >= 0.6 is 0 Å². The van der Waals surface area contributed by atoms with Crippen molar-refractivity contribution in [3.05, 3.63) is 0 Å². The Morgan fingerprint density at radius 2 is 1.27 bits per heavy atom. The van der Waals surface area contributed by atoms with Crippen molar-refractivity contribution in [1.82, 2.24) is 10.6 Å². The smallest absolute Gasteiger partial charge is 0.410 e. The van der Waals surface area contributed by atoms with E-state index in [1.807, 2.05) is 0 Å². The Hall–Kier alpha value is -1.46. The SMILES string of the molecule is CC(C)NC(=O)OCOC(=O)NC(C)C. The highest BCUT2D eigenvalue weighted by Gasteiger charge is 2.06. The molecule has 0 fully saturated rings. The Morgan fingerprint density at radius 3 is 1.53 bits per heavy atom. The molecular weight excluding hydrogens is 200 g/mol. The van der Waals surface area contributed by atoms with E-state index in [0.29, 0.717) is 0 Å². The van der Waals surface area contributed by atoms with Gasteiger partial charge in [0.2, 0.25) is 6.79 Å². The summed E-state index contributed by atoms with van der Waals surface area (Å²) in [7, 11) is 0. The van der Waals surface area contributed by atoms with Gasteiger partial charge in [-0.3, -0.25) is 0 Å². The van der Waals surface area contributed by atoms with Gasteiger partial charge in [-0.15, -0.1) is 0 Å². The Labute approximate surface area is 89.3 Å². The first-order valence-corrected chi connectivity index (χ1v) is 4.78. The number of nitrogens with one attached hydrogen (secondary N) is 2. The van der Waals surface area contributed by atoms with Crippen LogP contribution in [0.15, 0.2) is 0 Å². The van der Waals surface area contributed by atoms with E-state index in [2.05, 4.69) is 20.1 Å². The molecule has 0 heterocycles. The van der Waals surface area contributed by atoms with Crippen LogP contribution in [-0.4, -0.2) is 31.1 Å². The van der Waals surface area contributed by atoms with Gasteiger partial charge in [0.05, 0.1) is 0 Å². The van der Waals surface area contributed by atoms with E-state index in [-0.39, 0.29) is 12.1 Å². The minimum Gasteiger partial charge on any atom is -0.412 e. The van der Waals surface area contributed by atoms with Gasteiger partial charge in [-0.2, -0.15) is 0 Å². The third-order valence-electron chi connectivity index (χ3n) is 1.19. The fourth-order valence-corrected chi connectivity index (χ4v) is 0.691. The molecule has 0 saturated heterocycles. The van der Waals surface area contributed by atoms with Crippen molar-refractivity contribution in [2.45, 2.75) is 39.8 Å². The monoisotopic (exact) mass is 218 g/mol. The Morgan fingerprint density at radius 1 is 0.933 bits per heavy atom. The molecule has 0 atom stereocenters. The molecule has 0 aromatic heterocycles. The maximum atomic E-state index is 10.9. The van der Waals surface area contributed by atoms with Gasteiger partial charge in [0.1, 0.15) is 0 Å². The molecule has 0 unspecified atom stereocenters. The lowest BCUT2D eigenvalue weighted by atomic mass is 10.4. The van der Waals surface area contributed by atoms with E-state index in [1.54, 1.807) is 27.7 Å². The topological polar surface area (TPSA) is 76.7 Å². The average molecular weight is 218 g/mol. The second kappa shape index (κ2) is 6.92. The molecule has 0 saturated carbocycles. The second-order valence-corrected chi connectivity index (χ2v) is 3.58. The number of carbonyl (C=O) groups is 2. The van der Waals surface area contributed by atoms with Gasteiger partial charge in [0.15, 0.2) is 0 Å². The normalized spacial score (nSPS) is 10.0. The molecule has 0 aliphatic carbocycles. The summed E-state index contributed by atoms with van der Waals surface area (Å²) in [5.41, 5.74) is 0. The predicted molar refractivity (Wildman–Crippen MR) is 54.4 cm³/mol. The van der Waals surface area contributed by atoms with Gasteiger partial charge in [-0.25, -0.2) is 9.59 Å². The molecule has 0 aromatic carbocycles. The van der Waals surface area contributed by atoms with E-state index in [4.69, 9.17) is 0 Å². The molecule has 0 aromatic rings. The third-order valence-corrected chi connectivity index (χ3v) is 1.19. The molecule has 0 spiro atoms. The predicted octanol–water partition coefficient (Wildman–Crippen LogP) is 1.21. The summed E-state index contributed by atoms with van der Waals surface area (Å²) >= 11 is 0. The minimum absolute atomic E-state index is 0.0120. The largest absolute Gasteiger partial charge is 0.412 e. The van der Waals surface area contributed by atoms with Crippen molar-refractivity contribution in [1.29, 1.82) is 0 Å². The standard InChI is InChI=1S/C9H18N2O4/c1-6(2)10-8(12)14-5-15-9(13)11-7(3)4/h6-7H,5H2,1-4H3,(H,10,12)(H,11,13). The summed E-state index contributed by atoms with van der Waals surface area (Å²) < 4.78 is 9.14. The summed E-state index contributed by atoms with van der Waals surface area (Å²) in [6, 6.07) is -0.0241. The Balaban J connectivity index is 3.53. The van der Waals surface area contributed by atoms with Crippen molar-refractivity contribution < 1.29 is 19.1 Å². The molecule has 0 rings (SSSR count). The van der Waals surface area contributed by atoms with Crippen LogP contribution in [0, 0.1) is 0 Å². The van der Waals surface area contributed by atoms with E-state index in [1.165, 1.54) is 0 Å². The van der Waals surface area contributed by atoms with Crippen molar-refractivity contribution in [2.24, 2.45) is 0 Å². The van der Waals surface area contributed by atoms with Crippen LogP contribution in [0.1, 0.15) is 27.7 Å². The number of carbonyl (C=O) groups excluding carboxylic acids is 2. The number of hydrogen-bond acceptors (Lipinski definition) is 4. The van der Waals surface area contributed by atoms with E-state index in [9.17, 15) is 9.59 Å². The lowest BCUT2D eigenvalue weighted by molar-refractivity contribution is 0.0229.